The average Bonchev–Trinajstić information content (AvgIpc) is 1.61. The zero-order chi connectivity index (χ0) is 87.5. The van der Waals surface area contributed by atoms with Crippen LogP contribution in [0, 0.1) is 0 Å². The minimum absolute atomic E-state index is 0.480. The molecule has 4 aromatic carbocycles. The van der Waals surface area contributed by atoms with Crippen LogP contribution < -0.4 is 51.3 Å². The van der Waals surface area contributed by atoms with Gasteiger partial charge in [-0.05, 0) is 85.3 Å². The molecule has 8 heterocycles. The summed E-state index contributed by atoms with van der Waals surface area (Å²) in [5.41, 5.74) is 19.5. The van der Waals surface area contributed by atoms with E-state index in [-0.39, 0.29) is 0 Å². The van der Waals surface area contributed by atoms with Crippen molar-refractivity contribution in [2.45, 2.75) is 113 Å². The summed E-state index contributed by atoms with van der Waals surface area (Å²) >= 11 is 0. The zero-order valence-electron chi connectivity index (χ0n) is 64.2. The second-order valence-electron chi connectivity index (χ2n) is 27.5. The fourth-order valence-electron chi connectivity index (χ4n) is 14.7. The Balaban J connectivity index is 0.000000217. The molecular weight excluding hydrogens is 1570 g/mol. The van der Waals surface area contributed by atoms with Gasteiger partial charge < -0.3 is 103 Å². The number of nitrogens with one attached hydrogen (secondary N) is 6. The van der Waals surface area contributed by atoms with E-state index < -0.39 is 71.6 Å². The van der Waals surface area contributed by atoms with Gasteiger partial charge in [-0.1, -0.05) is 70.6 Å². The number of nitrogens with two attached hydrogens (primary N) is 2. The molecule has 632 valence electrons. The van der Waals surface area contributed by atoms with Crippen LogP contribution in [0.3, 0.4) is 0 Å². The van der Waals surface area contributed by atoms with Gasteiger partial charge in [0.05, 0.1) is 61.7 Å². The van der Waals surface area contributed by atoms with E-state index in [1.165, 1.54) is 90.4 Å². The number of hydrogen-bond acceptors (Lipinski definition) is 20. The van der Waals surface area contributed by atoms with Crippen LogP contribution >= 0.6 is 0 Å². The first-order valence-electron chi connectivity index (χ1n) is 37.2. The minimum atomic E-state index is -1.26. The van der Waals surface area contributed by atoms with Gasteiger partial charge in [0.25, 0.3) is 0 Å². The van der Waals surface area contributed by atoms with Gasteiger partial charge in [-0.15, -0.1) is 0 Å². The van der Waals surface area contributed by atoms with Crippen molar-refractivity contribution in [2.24, 2.45) is 0 Å². The maximum atomic E-state index is 9.55. The number of benzene rings is 4. The van der Waals surface area contributed by atoms with E-state index in [4.69, 9.17) is 82.2 Å². The second-order valence-corrected chi connectivity index (χ2v) is 27.5. The molecule has 2 saturated carbocycles. The van der Waals surface area contributed by atoms with Crippen LogP contribution in [0.2, 0.25) is 0 Å². The number of carboxylic acids is 12. The monoisotopic (exact) mass is 1660 g/mol. The standard InChI is InChI=1S/2C29H32N6O.6C4H4O4/c2*30-28-27-26(19-6-12-25(13-7-19)36-24-4-2-1-3-5-24)17-35(29(27)33-18-32-28)22-10-8-21(9-11-22)34-16-20-14-23(34)15-31-20;6*5-3(6)1-2-4(7)8/h2*1-7,12-13,17-18,20-23,31H,8-11,14-16H2,(H2,30,32,33);6*1-2H,(H,5,6)(H,7,8)/p+4/b;;6*2-1-/t2*20-,21?,22?,23-;;;;;;/m11....../s1. The number of rotatable bonds is 22. The number of ether oxygens (including phenoxy) is 2. The Morgan fingerprint density at radius 3 is 0.833 bits per heavy atom. The number of nitrogen functional groups attached to an aromatic ring is 2. The lowest BCUT2D eigenvalue weighted by molar-refractivity contribution is -0.940. The molecule has 38 heteroatoms. The fraction of sp³-hybridized carbons (Fsp3) is 0.268. The molecule has 4 saturated heterocycles. The lowest BCUT2D eigenvalue weighted by Crippen LogP contribution is -3.19. The number of aromatic amines is 2. The largest absolute Gasteiger partial charge is 0.478 e. The molecule has 2 unspecified atom stereocenters. The number of fused-ring (bicyclic) bond motifs is 6. The van der Waals surface area contributed by atoms with E-state index in [1.807, 2.05) is 94.7 Å². The van der Waals surface area contributed by atoms with Crippen LogP contribution in [0.5, 0.6) is 23.0 Å². The summed E-state index contributed by atoms with van der Waals surface area (Å²) in [6.45, 7) is 5.05. The molecule has 22 N–H and O–H groups in total. The number of aliphatic carboxylic acids is 12. The maximum absolute atomic E-state index is 9.55. The molecule has 6 aliphatic rings. The van der Waals surface area contributed by atoms with Gasteiger partial charge in [-0.2, -0.15) is 0 Å². The van der Waals surface area contributed by atoms with Crippen LogP contribution in [0.15, 0.2) is 207 Å². The number of piperazine rings is 2. The van der Waals surface area contributed by atoms with Gasteiger partial charge in [0, 0.05) is 136 Å². The molecule has 6 atom stereocenters. The summed E-state index contributed by atoms with van der Waals surface area (Å²) in [5.74, 6) is -10.6. The van der Waals surface area contributed by atoms with Gasteiger partial charge in [0.15, 0.2) is 0 Å². The number of H-pyrrole nitrogens is 2. The number of anilines is 2. The van der Waals surface area contributed by atoms with Crippen LogP contribution in [-0.2, 0) is 57.5 Å². The Morgan fingerprint density at radius 1 is 0.358 bits per heavy atom. The van der Waals surface area contributed by atoms with Crippen LogP contribution in [0.4, 0.5) is 11.6 Å². The molecular formula is C82H92N12O26+4. The number of hydrogen-bond donors (Lipinski definition) is 18. The molecule has 4 aromatic heterocycles. The molecule has 4 bridgehead atoms. The van der Waals surface area contributed by atoms with E-state index >= 15 is 0 Å². The predicted molar refractivity (Wildman–Crippen MR) is 426 cm³/mol. The van der Waals surface area contributed by atoms with Crippen molar-refractivity contribution in [3.05, 3.63) is 207 Å². The Labute approximate surface area is 682 Å². The number of quaternary nitrogens is 2. The normalized spacial score (nSPS) is 20.3. The third-order valence-corrected chi connectivity index (χ3v) is 19.6. The highest BCUT2D eigenvalue weighted by molar-refractivity contribution is 6.01. The molecule has 0 spiro atoms. The predicted octanol–water partition coefficient (Wildman–Crippen LogP) is 4.28. The lowest BCUT2D eigenvalue weighted by Gasteiger charge is -2.36. The lowest BCUT2D eigenvalue weighted by atomic mass is 9.89. The smallest absolute Gasteiger partial charge is 0.328 e. The van der Waals surface area contributed by atoms with E-state index in [0.717, 1.165) is 104 Å². The SMILES string of the molecule is Nc1nc[nH+]c2c1c(-c1ccc(Oc3ccccc3)cc1)cn2C1CCC([NH+]2C[C@H]3C[C@@H]2CN3)CC1.Nc1nc[nH+]c2c1c(-c1ccc(Oc3ccccc3)cc1)cn2C1CCC([NH+]2C[C@H]3C[C@@H]2CN3)CC1.O=C(O)/C=C\C(=O)O.O=C(O)/C=C\C(=O)O.O=C(O)/C=C\C(=O)O.O=C(O)/C=C\C(=O)O.O=C(O)/C=C\C(=O)O.O=C(O)/C=C\C(=O)O. The Morgan fingerprint density at radius 2 is 0.608 bits per heavy atom. The number of carboxylic acid groups (broad SMARTS) is 12. The Hall–Kier alpha value is -14.8. The highest BCUT2D eigenvalue weighted by Gasteiger charge is 2.48. The first-order chi connectivity index (χ1) is 57.2. The summed E-state index contributed by atoms with van der Waals surface area (Å²) in [6, 6.07) is 42.1. The summed E-state index contributed by atoms with van der Waals surface area (Å²) < 4.78 is 16.9. The van der Waals surface area contributed by atoms with Crippen LogP contribution in [-0.4, -0.2) is 214 Å². The van der Waals surface area contributed by atoms with Gasteiger partial charge in [0.1, 0.15) is 45.9 Å². The first-order valence-corrected chi connectivity index (χ1v) is 37.2. The molecule has 6 fully saturated rings. The average molecular weight is 1660 g/mol. The van der Waals surface area contributed by atoms with E-state index in [0.29, 0.717) is 96.6 Å². The van der Waals surface area contributed by atoms with Crippen molar-refractivity contribution < 1.29 is 148 Å². The highest BCUT2D eigenvalue weighted by Crippen LogP contribution is 2.40. The van der Waals surface area contributed by atoms with Crippen molar-refractivity contribution in [1.82, 2.24) is 29.7 Å². The number of para-hydroxylation sites is 2. The molecule has 2 aliphatic carbocycles. The highest BCUT2D eigenvalue weighted by atomic mass is 16.5. The van der Waals surface area contributed by atoms with Gasteiger partial charge in [0.2, 0.25) is 35.6 Å². The molecule has 0 amide bonds. The molecule has 120 heavy (non-hydrogen) atoms. The van der Waals surface area contributed by atoms with Crippen molar-refractivity contribution in [3.8, 4) is 45.3 Å². The number of carbonyl (C=O) groups is 12. The van der Waals surface area contributed by atoms with E-state index in [1.54, 1.807) is 12.7 Å². The summed E-state index contributed by atoms with van der Waals surface area (Å²) in [6.07, 6.45) is 27.5. The molecule has 0 radical (unpaired) electrons. The Kier molecular flexibility index (Phi) is 35.5. The second kappa shape index (κ2) is 46.1. The van der Waals surface area contributed by atoms with E-state index in [9.17, 15) is 57.5 Å². The summed E-state index contributed by atoms with van der Waals surface area (Å²) in [4.78, 5) is 134. The molecule has 8 aromatic rings. The maximum Gasteiger partial charge on any atom is 0.328 e. The first kappa shape index (κ1) is 92.4. The van der Waals surface area contributed by atoms with Gasteiger partial charge in [-0.3, -0.25) is 9.13 Å². The topological polar surface area (TPSA) is 615 Å². The summed E-state index contributed by atoms with van der Waals surface area (Å²) in [7, 11) is 0. The van der Waals surface area contributed by atoms with E-state index in [2.05, 4.69) is 76.4 Å². The Bertz CT molecular complexity index is 4520. The van der Waals surface area contributed by atoms with Crippen LogP contribution in [0.25, 0.3) is 44.3 Å². The van der Waals surface area contributed by atoms with Crippen molar-refractivity contribution in [2.75, 3.05) is 37.6 Å². The van der Waals surface area contributed by atoms with Crippen molar-refractivity contribution >= 4 is 105 Å². The minimum Gasteiger partial charge on any atom is -0.478 e. The number of likely N-dealkylation sites (tertiary alicyclic amines) is 2. The molecule has 38 nitrogen and oxygen atoms in total. The number of nitrogens with zero attached hydrogens (tertiary/aromatic N) is 4. The number of aromatic nitrogens is 6. The zero-order valence-corrected chi connectivity index (χ0v) is 64.2. The van der Waals surface area contributed by atoms with Crippen LogP contribution in [0.1, 0.15) is 76.3 Å². The third-order valence-electron chi connectivity index (χ3n) is 19.6. The quantitative estimate of drug-likeness (QED) is 0.0421. The van der Waals surface area contributed by atoms with Gasteiger partial charge >= 0.3 is 71.6 Å². The molecule has 14 rings (SSSR count). The fourth-order valence-corrected chi connectivity index (χ4v) is 14.7. The third kappa shape index (κ3) is 30.1. The summed E-state index contributed by atoms with van der Waals surface area (Å²) in [5, 5.41) is 103. The van der Waals surface area contributed by atoms with Crippen molar-refractivity contribution in [1.29, 1.82) is 0 Å². The van der Waals surface area contributed by atoms with Gasteiger partial charge in [-0.25, -0.2) is 67.5 Å². The molecule has 4 aliphatic heterocycles. The van der Waals surface area contributed by atoms with Crippen molar-refractivity contribution in [3.63, 3.8) is 0 Å².